The van der Waals surface area contributed by atoms with Crippen LogP contribution in [0.5, 0.6) is 0 Å². The summed E-state index contributed by atoms with van der Waals surface area (Å²) in [7, 11) is 0. The first-order valence-corrected chi connectivity index (χ1v) is 7.21. The predicted molar refractivity (Wildman–Crippen MR) is 78.7 cm³/mol. The third kappa shape index (κ3) is 5.18. The summed E-state index contributed by atoms with van der Waals surface area (Å²) in [6, 6.07) is 3.42. The molecule has 0 bridgehead atoms. The largest absolute Gasteiger partial charge is 0.395 e. The Morgan fingerprint density at radius 1 is 1.52 bits per heavy atom. The topological polar surface area (TPSA) is 71.5 Å². The number of carbonyl (C=O) groups is 1. The molecule has 0 saturated carbocycles. The molecule has 21 heavy (non-hydrogen) atoms. The highest BCUT2D eigenvalue weighted by molar-refractivity contribution is 5.92. The second-order valence-corrected chi connectivity index (χ2v) is 5.00. The van der Waals surface area contributed by atoms with Crippen molar-refractivity contribution in [3.8, 4) is 11.8 Å². The van der Waals surface area contributed by atoms with Crippen LogP contribution < -0.4 is 5.32 Å². The summed E-state index contributed by atoms with van der Waals surface area (Å²) in [5, 5.41) is 11.5. The first-order chi connectivity index (χ1) is 10.3. The van der Waals surface area contributed by atoms with Crippen molar-refractivity contribution in [2.45, 2.75) is 19.3 Å². The summed E-state index contributed by atoms with van der Waals surface area (Å²) >= 11 is 0. The molecular formula is C16H20N2O3. The minimum absolute atomic E-state index is 0.0474. The number of aliphatic hydroxyl groups excluding tert-OH is 1. The molecule has 2 N–H and O–H groups in total. The molecule has 5 heteroatoms. The van der Waals surface area contributed by atoms with E-state index >= 15 is 0 Å². The Morgan fingerprint density at radius 3 is 3.10 bits per heavy atom. The van der Waals surface area contributed by atoms with Gasteiger partial charge in [-0.1, -0.05) is 11.8 Å². The molecule has 5 nitrogen and oxygen atoms in total. The minimum atomic E-state index is -0.171. The highest BCUT2D eigenvalue weighted by atomic mass is 16.5. The second kappa shape index (κ2) is 8.40. The van der Waals surface area contributed by atoms with Crippen LogP contribution in [0.4, 0.5) is 0 Å². The van der Waals surface area contributed by atoms with Crippen molar-refractivity contribution in [1.29, 1.82) is 0 Å². The van der Waals surface area contributed by atoms with Gasteiger partial charge in [0.05, 0.1) is 13.2 Å². The van der Waals surface area contributed by atoms with Gasteiger partial charge in [0, 0.05) is 31.3 Å². The highest BCUT2D eigenvalue weighted by Gasteiger charge is 2.15. The molecule has 1 aromatic rings. The maximum Gasteiger partial charge on any atom is 0.269 e. The highest BCUT2D eigenvalue weighted by Crippen LogP contribution is 2.12. The zero-order chi connectivity index (χ0) is 14.9. The summed E-state index contributed by atoms with van der Waals surface area (Å²) in [5.74, 6) is 5.91. The molecule has 0 radical (unpaired) electrons. The number of hydrogen-bond donors (Lipinski definition) is 2. The third-order valence-electron chi connectivity index (χ3n) is 3.27. The van der Waals surface area contributed by atoms with Crippen LogP contribution in [0.3, 0.4) is 0 Å². The van der Waals surface area contributed by atoms with Gasteiger partial charge in [-0.15, -0.1) is 0 Å². The van der Waals surface area contributed by atoms with E-state index in [-0.39, 0.29) is 12.5 Å². The van der Waals surface area contributed by atoms with E-state index in [1.165, 1.54) is 0 Å². The van der Waals surface area contributed by atoms with Crippen LogP contribution in [0, 0.1) is 17.8 Å². The lowest BCUT2D eigenvalue weighted by atomic mass is 10.0. The van der Waals surface area contributed by atoms with E-state index in [1.54, 1.807) is 18.3 Å². The van der Waals surface area contributed by atoms with Crippen LogP contribution in [0.25, 0.3) is 0 Å². The van der Waals surface area contributed by atoms with Gasteiger partial charge in [-0.25, -0.2) is 4.98 Å². The summed E-state index contributed by atoms with van der Waals surface area (Å²) < 4.78 is 5.38. The van der Waals surface area contributed by atoms with Gasteiger partial charge in [-0.3, -0.25) is 4.79 Å². The van der Waals surface area contributed by atoms with Crippen molar-refractivity contribution in [1.82, 2.24) is 10.3 Å². The van der Waals surface area contributed by atoms with Crippen LogP contribution in [0.1, 0.15) is 35.3 Å². The summed E-state index contributed by atoms with van der Waals surface area (Å²) in [6.45, 7) is 2.21. The van der Waals surface area contributed by atoms with Gasteiger partial charge in [0.15, 0.2) is 0 Å². The molecule has 2 heterocycles. The van der Waals surface area contributed by atoms with E-state index in [2.05, 4.69) is 22.1 Å². The third-order valence-corrected chi connectivity index (χ3v) is 3.27. The fourth-order valence-corrected chi connectivity index (χ4v) is 2.12. The van der Waals surface area contributed by atoms with E-state index in [4.69, 9.17) is 9.84 Å². The normalized spacial score (nSPS) is 17.7. The van der Waals surface area contributed by atoms with E-state index in [0.29, 0.717) is 31.2 Å². The number of hydrogen-bond acceptors (Lipinski definition) is 4. The maximum atomic E-state index is 12.0. The average molecular weight is 288 g/mol. The monoisotopic (exact) mass is 288 g/mol. The van der Waals surface area contributed by atoms with Crippen molar-refractivity contribution < 1.29 is 14.6 Å². The number of carbonyl (C=O) groups excluding carboxylic acids is 1. The van der Waals surface area contributed by atoms with Gasteiger partial charge in [0.1, 0.15) is 5.69 Å². The molecule has 0 aliphatic carbocycles. The van der Waals surface area contributed by atoms with Crippen molar-refractivity contribution in [3.63, 3.8) is 0 Å². The molecule has 1 atom stereocenters. The Labute approximate surface area is 124 Å². The van der Waals surface area contributed by atoms with Gasteiger partial charge >= 0.3 is 0 Å². The molecule has 1 aliphatic rings. The first kappa shape index (κ1) is 15.5. The number of aliphatic hydroxyl groups is 1. The molecule has 112 valence electrons. The molecule has 1 aromatic heterocycles. The van der Waals surface area contributed by atoms with Crippen molar-refractivity contribution >= 4 is 5.91 Å². The number of nitrogens with zero attached hydrogens (tertiary/aromatic N) is 1. The summed E-state index contributed by atoms with van der Waals surface area (Å²) in [4.78, 5) is 16.1. The molecule has 1 saturated heterocycles. The zero-order valence-corrected chi connectivity index (χ0v) is 12.0. The second-order valence-electron chi connectivity index (χ2n) is 5.00. The molecule has 2 rings (SSSR count). The van der Waals surface area contributed by atoms with Crippen molar-refractivity contribution in [2.24, 2.45) is 5.92 Å². The van der Waals surface area contributed by atoms with Gasteiger partial charge in [0.25, 0.3) is 5.91 Å². The fourth-order valence-electron chi connectivity index (χ4n) is 2.12. The molecule has 1 fully saturated rings. The Bertz CT molecular complexity index is 511. The van der Waals surface area contributed by atoms with E-state index < -0.39 is 0 Å². The van der Waals surface area contributed by atoms with E-state index in [9.17, 15) is 4.79 Å². The van der Waals surface area contributed by atoms with Crippen LogP contribution in [-0.4, -0.2) is 42.4 Å². The van der Waals surface area contributed by atoms with Crippen molar-refractivity contribution in [2.75, 3.05) is 26.4 Å². The van der Waals surface area contributed by atoms with Gasteiger partial charge in [0.2, 0.25) is 0 Å². The average Bonchev–Trinajstić information content (AvgIpc) is 2.54. The minimum Gasteiger partial charge on any atom is -0.395 e. The van der Waals surface area contributed by atoms with Crippen LogP contribution in [0.2, 0.25) is 0 Å². The number of nitrogens with one attached hydrogen (secondary N) is 1. The van der Waals surface area contributed by atoms with Gasteiger partial charge < -0.3 is 15.2 Å². The van der Waals surface area contributed by atoms with Gasteiger partial charge in [-0.05, 0) is 30.9 Å². The Kier molecular flexibility index (Phi) is 6.20. The fraction of sp³-hybridized carbons (Fsp3) is 0.500. The standard InChI is InChI=1S/C16H20N2O3/c19-8-2-1-4-13-6-7-15(17-10-13)16(20)18-11-14-5-3-9-21-12-14/h6-7,10,14,19H,2-3,5,8-9,11-12H2,(H,18,20). The van der Waals surface area contributed by atoms with Crippen LogP contribution >= 0.6 is 0 Å². The maximum absolute atomic E-state index is 12.0. The predicted octanol–water partition coefficient (Wildman–Crippen LogP) is 0.972. The Morgan fingerprint density at radius 2 is 2.43 bits per heavy atom. The number of aromatic nitrogens is 1. The smallest absolute Gasteiger partial charge is 0.269 e. The quantitative estimate of drug-likeness (QED) is 0.810. The summed E-state index contributed by atoms with van der Waals surface area (Å²) in [6.07, 6.45) is 4.15. The Balaban J connectivity index is 1.83. The number of amides is 1. The Hall–Kier alpha value is -1.90. The lowest BCUT2D eigenvalue weighted by Crippen LogP contribution is -2.33. The first-order valence-electron chi connectivity index (χ1n) is 7.21. The van der Waals surface area contributed by atoms with Crippen LogP contribution in [-0.2, 0) is 4.74 Å². The number of ether oxygens (including phenoxy) is 1. The van der Waals surface area contributed by atoms with Gasteiger partial charge in [-0.2, -0.15) is 0 Å². The van der Waals surface area contributed by atoms with E-state index in [0.717, 1.165) is 25.0 Å². The lowest BCUT2D eigenvalue weighted by Gasteiger charge is -2.22. The number of pyridine rings is 1. The molecule has 1 aliphatic heterocycles. The summed E-state index contributed by atoms with van der Waals surface area (Å²) in [5.41, 5.74) is 1.13. The zero-order valence-electron chi connectivity index (χ0n) is 12.0. The van der Waals surface area contributed by atoms with Crippen molar-refractivity contribution in [3.05, 3.63) is 29.6 Å². The van der Waals surface area contributed by atoms with Crippen LogP contribution in [0.15, 0.2) is 18.3 Å². The SMILES string of the molecule is O=C(NCC1CCCOC1)c1ccc(C#CCCO)cn1. The molecule has 0 aromatic carbocycles. The molecule has 0 spiro atoms. The lowest BCUT2D eigenvalue weighted by molar-refractivity contribution is 0.0535. The molecule has 1 unspecified atom stereocenters. The van der Waals surface area contributed by atoms with E-state index in [1.807, 2.05) is 0 Å². The molecular weight excluding hydrogens is 268 g/mol. The molecule has 1 amide bonds. The number of rotatable bonds is 4.